The molecule has 0 bridgehead atoms. The van der Waals surface area contributed by atoms with Crippen molar-refractivity contribution in [1.82, 2.24) is 19.7 Å². The van der Waals surface area contributed by atoms with E-state index in [1.165, 1.54) is 17.3 Å². The first-order valence-corrected chi connectivity index (χ1v) is 9.79. The minimum Gasteiger partial charge on any atom is -0.348 e. The molecule has 0 saturated carbocycles. The van der Waals surface area contributed by atoms with Gasteiger partial charge < -0.3 is 4.90 Å². The third kappa shape index (κ3) is 4.34. The lowest BCUT2D eigenvalue weighted by Crippen LogP contribution is -2.29. The number of nitrogens with zero attached hydrogens (tertiary/aromatic N) is 4. The second-order valence-corrected chi connectivity index (χ2v) is 8.22. The summed E-state index contributed by atoms with van der Waals surface area (Å²) in [6.07, 6.45) is 0. The smallest absolute Gasteiger partial charge is 0.235 e. The highest BCUT2D eigenvalue weighted by Gasteiger charge is 2.22. The normalized spacial score (nSPS) is 12.0. The Kier molecular flexibility index (Phi) is 5.87. The van der Waals surface area contributed by atoms with E-state index in [1.807, 2.05) is 66.9 Å². The minimum absolute atomic E-state index is 0.0338. The number of hydrogen-bond acceptors (Lipinski definition) is 4. The van der Waals surface area contributed by atoms with Crippen molar-refractivity contribution in [3.63, 3.8) is 0 Å². The molecule has 3 rings (SSSR count). The molecule has 3 aromatic rings. The number of rotatable bonds is 5. The fourth-order valence-electron chi connectivity index (χ4n) is 2.63. The highest BCUT2D eigenvalue weighted by molar-refractivity contribution is 8.00. The summed E-state index contributed by atoms with van der Waals surface area (Å²) in [5.41, 5.74) is 3.03. The molecule has 0 aliphatic carbocycles. The number of amides is 1. The van der Waals surface area contributed by atoms with E-state index < -0.39 is 0 Å². The van der Waals surface area contributed by atoms with Gasteiger partial charge in [0, 0.05) is 30.4 Å². The van der Waals surface area contributed by atoms with Gasteiger partial charge in [-0.15, -0.1) is 10.2 Å². The predicted octanol–water partition coefficient (Wildman–Crippen LogP) is 4.46. The molecular formula is C20H21ClN4OS. The summed E-state index contributed by atoms with van der Waals surface area (Å²) in [6, 6.07) is 15.6. The van der Waals surface area contributed by atoms with Crippen LogP contribution in [0.25, 0.3) is 17.1 Å². The number of aryl methyl sites for hydroxylation is 1. The van der Waals surface area contributed by atoms with Crippen molar-refractivity contribution in [3.05, 3.63) is 59.1 Å². The minimum atomic E-state index is -0.272. The van der Waals surface area contributed by atoms with E-state index in [4.69, 9.17) is 11.6 Å². The molecule has 0 spiro atoms. The van der Waals surface area contributed by atoms with E-state index in [-0.39, 0.29) is 11.2 Å². The van der Waals surface area contributed by atoms with Crippen molar-refractivity contribution in [3.8, 4) is 17.1 Å². The first-order chi connectivity index (χ1) is 12.9. The fourth-order valence-corrected chi connectivity index (χ4v) is 3.77. The van der Waals surface area contributed by atoms with Crippen LogP contribution in [-0.2, 0) is 4.79 Å². The maximum absolute atomic E-state index is 12.3. The molecule has 0 fully saturated rings. The van der Waals surface area contributed by atoms with Gasteiger partial charge in [0.15, 0.2) is 11.0 Å². The predicted molar refractivity (Wildman–Crippen MR) is 111 cm³/mol. The van der Waals surface area contributed by atoms with Gasteiger partial charge in [-0.3, -0.25) is 9.36 Å². The Hall–Kier alpha value is -2.31. The van der Waals surface area contributed by atoms with Gasteiger partial charge in [-0.05, 0) is 50.2 Å². The van der Waals surface area contributed by atoms with Crippen LogP contribution in [0.1, 0.15) is 12.5 Å². The molecule has 27 heavy (non-hydrogen) atoms. The lowest BCUT2D eigenvalue weighted by Gasteiger charge is -2.17. The van der Waals surface area contributed by atoms with Crippen molar-refractivity contribution >= 4 is 29.3 Å². The Bertz CT molecular complexity index is 936. The zero-order valence-corrected chi connectivity index (χ0v) is 17.3. The molecule has 1 amide bonds. The van der Waals surface area contributed by atoms with Gasteiger partial charge >= 0.3 is 0 Å². The van der Waals surface area contributed by atoms with E-state index in [0.717, 1.165) is 11.3 Å². The number of aromatic nitrogens is 3. The van der Waals surface area contributed by atoms with Gasteiger partial charge in [0.25, 0.3) is 0 Å². The summed E-state index contributed by atoms with van der Waals surface area (Å²) < 4.78 is 1.98. The van der Waals surface area contributed by atoms with E-state index in [0.29, 0.717) is 16.0 Å². The Labute approximate surface area is 168 Å². The molecule has 0 aliphatic heterocycles. The van der Waals surface area contributed by atoms with E-state index in [9.17, 15) is 4.79 Å². The van der Waals surface area contributed by atoms with Gasteiger partial charge in [-0.1, -0.05) is 41.1 Å². The molecule has 5 nitrogen and oxygen atoms in total. The maximum atomic E-state index is 12.3. The third-order valence-electron chi connectivity index (χ3n) is 4.10. The van der Waals surface area contributed by atoms with Crippen LogP contribution in [0.2, 0.25) is 5.02 Å². The van der Waals surface area contributed by atoms with Crippen molar-refractivity contribution in [2.24, 2.45) is 0 Å². The SMILES string of the molecule is Cc1ccc(-n2c(SC(C)C(=O)N(C)C)nnc2-c2ccc(Cl)cc2)cc1. The van der Waals surface area contributed by atoms with Gasteiger partial charge in [0.2, 0.25) is 5.91 Å². The molecule has 7 heteroatoms. The highest BCUT2D eigenvalue weighted by Crippen LogP contribution is 2.31. The van der Waals surface area contributed by atoms with Crippen molar-refractivity contribution < 1.29 is 4.79 Å². The highest BCUT2D eigenvalue weighted by atomic mass is 35.5. The van der Waals surface area contributed by atoms with E-state index in [2.05, 4.69) is 10.2 Å². The first-order valence-electron chi connectivity index (χ1n) is 8.53. The van der Waals surface area contributed by atoms with Crippen molar-refractivity contribution in [2.75, 3.05) is 14.1 Å². The maximum Gasteiger partial charge on any atom is 0.235 e. The summed E-state index contributed by atoms with van der Waals surface area (Å²) >= 11 is 7.42. The summed E-state index contributed by atoms with van der Waals surface area (Å²) in [5, 5.41) is 9.83. The van der Waals surface area contributed by atoms with Crippen LogP contribution < -0.4 is 0 Å². The molecule has 2 aromatic carbocycles. The number of thioether (sulfide) groups is 1. The summed E-state index contributed by atoms with van der Waals surface area (Å²) in [4.78, 5) is 13.9. The molecule has 0 N–H and O–H groups in total. The average Bonchev–Trinajstić information content (AvgIpc) is 3.05. The standard InChI is InChI=1S/C20H21ClN4OS/c1-13-5-11-17(12-6-13)25-18(15-7-9-16(21)10-8-15)22-23-20(25)27-14(2)19(26)24(3)4/h5-12,14H,1-4H3. The van der Waals surface area contributed by atoms with Gasteiger partial charge in [-0.25, -0.2) is 0 Å². The summed E-state index contributed by atoms with van der Waals surface area (Å²) in [7, 11) is 3.51. The number of carbonyl (C=O) groups is 1. The van der Waals surface area contributed by atoms with Crippen LogP contribution in [0.5, 0.6) is 0 Å². The fraction of sp³-hybridized carbons (Fsp3) is 0.250. The largest absolute Gasteiger partial charge is 0.348 e. The Morgan fingerprint density at radius 2 is 1.70 bits per heavy atom. The van der Waals surface area contributed by atoms with Gasteiger partial charge in [0.1, 0.15) is 0 Å². The van der Waals surface area contributed by atoms with Crippen LogP contribution in [0.3, 0.4) is 0 Å². The zero-order chi connectivity index (χ0) is 19.6. The van der Waals surface area contributed by atoms with Crippen LogP contribution >= 0.6 is 23.4 Å². The molecule has 0 radical (unpaired) electrons. The monoisotopic (exact) mass is 400 g/mol. The van der Waals surface area contributed by atoms with Gasteiger partial charge in [0.05, 0.1) is 5.25 Å². The molecule has 0 saturated heterocycles. The summed E-state index contributed by atoms with van der Waals surface area (Å²) in [5.74, 6) is 0.744. The Balaban J connectivity index is 2.07. The zero-order valence-electron chi connectivity index (χ0n) is 15.7. The molecule has 140 valence electrons. The Morgan fingerprint density at radius 1 is 1.07 bits per heavy atom. The van der Waals surface area contributed by atoms with E-state index >= 15 is 0 Å². The van der Waals surface area contributed by atoms with Gasteiger partial charge in [-0.2, -0.15) is 0 Å². The molecule has 1 heterocycles. The number of benzene rings is 2. The van der Waals surface area contributed by atoms with Crippen molar-refractivity contribution in [1.29, 1.82) is 0 Å². The third-order valence-corrected chi connectivity index (χ3v) is 5.38. The molecule has 0 aliphatic rings. The second kappa shape index (κ2) is 8.15. The summed E-state index contributed by atoms with van der Waals surface area (Å²) in [6.45, 7) is 3.92. The van der Waals surface area contributed by atoms with Crippen LogP contribution in [-0.4, -0.2) is 44.9 Å². The van der Waals surface area contributed by atoms with E-state index in [1.54, 1.807) is 19.0 Å². The molecule has 1 unspecified atom stereocenters. The molecular weight excluding hydrogens is 380 g/mol. The number of hydrogen-bond donors (Lipinski definition) is 0. The van der Waals surface area contributed by atoms with Crippen LogP contribution in [0.15, 0.2) is 53.7 Å². The average molecular weight is 401 g/mol. The number of halogens is 1. The topological polar surface area (TPSA) is 51.0 Å². The quantitative estimate of drug-likeness (QED) is 0.593. The lowest BCUT2D eigenvalue weighted by molar-refractivity contribution is -0.127. The lowest BCUT2D eigenvalue weighted by atomic mass is 10.2. The van der Waals surface area contributed by atoms with Crippen LogP contribution in [0.4, 0.5) is 0 Å². The van der Waals surface area contributed by atoms with Crippen molar-refractivity contribution in [2.45, 2.75) is 24.3 Å². The molecule has 1 aromatic heterocycles. The second-order valence-electron chi connectivity index (χ2n) is 6.48. The molecule has 1 atom stereocenters. The first kappa shape index (κ1) is 19.5. The Morgan fingerprint density at radius 3 is 2.30 bits per heavy atom. The van der Waals surface area contributed by atoms with Crippen LogP contribution in [0, 0.1) is 6.92 Å². The number of carbonyl (C=O) groups excluding carboxylic acids is 1.